The molecule has 8 heteroatoms. The smallest absolute Gasteiger partial charge is 0.376 e. The topological polar surface area (TPSA) is 43.4 Å². The van der Waals surface area contributed by atoms with Crippen LogP contribution >= 0.6 is 0 Å². The van der Waals surface area contributed by atoms with E-state index in [0.29, 0.717) is 0 Å². The minimum Gasteiger partial charge on any atom is -0.376 e. The Bertz CT molecular complexity index is 660. The van der Waals surface area contributed by atoms with Gasteiger partial charge in [-0.3, -0.25) is 0 Å². The number of halogens is 4. The molecule has 0 spiro atoms. The van der Waals surface area contributed by atoms with Crippen molar-refractivity contribution in [1.82, 2.24) is 0 Å². The maximum atomic E-state index is 13.4. The Morgan fingerprint density at radius 2 is 1.90 bits per heavy atom. The van der Waals surface area contributed by atoms with Gasteiger partial charge in [-0.25, -0.2) is 4.39 Å². The van der Waals surface area contributed by atoms with Crippen molar-refractivity contribution >= 4 is 22.0 Å². The Kier molecular flexibility index (Phi) is 4.28. The van der Waals surface area contributed by atoms with Crippen molar-refractivity contribution in [3.63, 3.8) is 0 Å². The van der Waals surface area contributed by atoms with Crippen molar-refractivity contribution < 1.29 is 30.2 Å². The van der Waals surface area contributed by atoms with Gasteiger partial charge in [-0.2, -0.15) is 21.6 Å². The van der Waals surface area contributed by atoms with Gasteiger partial charge in [0.15, 0.2) is 0 Å². The predicted molar refractivity (Wildman–Crippen MR) is 66.3 cm³/mol. The van der Waals surface area contributed by atoms with Crippen molar-refractivity contribution in [1.29, 1.82) is 0 Å². The second-order valence-electron chi connectivity index (χ2n) is 3.75. The first-order valence-corrected chi connectivity index (χ1v) is 6.53. The lowest BCUT2D eigenvalue weighted by atomic mass is 10.0. The molecule has 0 bridgehead atoms. The summed E-state index contributed by atoms with van der Waals surface area (Å²) in [6.45, 7) is 7.77. The molecule has 0 aliphatic heterocycles. The molecule has 0 heterocycles. The van der Waals surface area contributed by atoms with Crippen molar-refractivity contribution in [2.24, 2.45) is 0 Å². The summed E-state index contributed by atoms with van der Waals surface area (Å²) in [5, 5.41) is 0. The van der Waals surface area contributed by atoms with E-state index in [1.54, 1.807) is 0 Å². The van der Waals surface area contributed by atoms with E-state index in [4.69, 9.17) is 0 Å². The quantitative estimate of drug-likeness (QED) is 0.369. The molecule has 0 amide bonds. The molecule has 0 unspecified atom stereocenters. The van der Waals surface area contributed by atoms with Gasteiger partial charge < -0.3 is 4.18 Å². The summed E-state index contributed by atoms with van der Waals surface area (Å²) < 4.78 is 75.8. The van der Waals surface area contributed by atoms with Crippen LogP contribution in [0.5, 0.6) is 0 Å². The summed E-state index contributed by atoms with van der Waals surface area (Å²) >= 11 is 0. The Balaban J connectivity index is 3.31. The van der Waals surface area contributed by atoms with E-state index in [-0.39, 0.29) is 16.7 Å². The molecule has 0 atom stereocenters. The van der Waals surface area contributed by atoms with Crippen LogP contribution in [0.3, 0.4) is 0 Å². The summed E-state index contributed by atoms with van der Waals surface area (Å²) in [5.74, 6) is -1.56. The van der Waals surface area contributed by atoms with Gasteiger partial charge in [0.25, 0.3) is 0 Å². The van der Waals surface area contributed by atoms with Crippen molar-refractivity contribution in [2.45, 2.75) is 12.4 Å². The zero-order valence-electron chi connectivity index (χ0n) is 10.3. The van der Waals surface area contributed by atoms with Crippen LogP contribution in [0.2, 0.25) is 0 Å². The second kappa shape index (κ2) is 5.28. The largest absolute Gasteiger partial charge is 0.534 e. The van der Waals surface area contributed by atoms with E-state index in [9.17, 15) is 26.0 Å². The Labute approximate surface area is 113 Å². The fraction of sp³-hybridized carbons (Fsp3) is 0.167. The summed E-state index contributed by atoms with van der Waals surface area (Å²) in [5.41, 5.74) is -5.67. The molecular formula is C12H10F4O3S. The average molecular weight is 310 g/mol. The lowest BCUT2D eigenvalue weighted by Crippen LogP contribution is -2.25. The lowest BCUT2D eigenvalue weighted by molar-refractivity contribution is -0.0509. The van der Waals surface area contributed by atoms with Crippen molar-refractivity contribution in [2.75, 3.05) is 0 Å². The highest BCUT2D eigenvalue weighted by molar-refractivity contribution is 7.87. The van der Waals surface area contributed by atoms with Gasteiger partial charge in [-0.1, -0.05) is 25.3 Å². The summed E-state index contributed by atoms with van der Waals surface area (Å²) in [6.07, 6.45) is 1.22. The van der Waals surface area contributed by atoms with Gasteiger partial charge in [0.05, 0.1) is 0 Å². The molecule has 3 nitrogen and oxygen atoms in total. The van der Waals surface area contributed by atoms with Crippen LogP contribution in [0.4, 0.5) is 17.6 Å². The van der Waals surface area contributed by atoms with Gasteiger partial charge >= 0.3 is 15.6 Å². The Hall–Kier alpha value is -1.83. The molecule has 1 aromatic carbocycles. The van der Waals surface area contributed by atoms with Crippen LogP contribution in [0.25, 0.3) is 11.8 Å². The SMILES string of the molecule is C=Cc1ccc(F)c(C)c1C(=C)OS(=O)(=O)C(F)(F)F. The Morgan fingerprint density at radius 1 is 1.35 bits per heavy atom. The molecule has 0 saturated heterocycles. The predicted octanol–water partition coefficient (Wildman–Crippen LogP) is 3.61. The van der Waals surface area contributed by atoms with Gasteiger partial charge in [-0.15, -0.1) is 0 Å². The molecule has 0 fully saturated rings. The maximum absolute atomic E-state index is 13.4. The minimum atomic E-state index is -5.86. The molecule has 110 valence electrons. The van der Waals surface area contributed by atoms with E-state index < -0.39 is 27.2 Å². The Morgan fingerprint density at radius 3 is 2.35 bits per heavy atom. The maximum Gasteiger partial charge on any atom is 0.534 e. The number of rotatable bonds is 4. The van der Waals surface area contributed by atoms with E-state index in [1.165, 1.54) is 19.1 Å². The van der Waals surface area contributed by atoms with Crippen LogP contribution in [0.15, 0.2) is 25.3 Å². The third-order valence-corrected chi connectivity index (χ3v) is 3.41. The number of alkyl halides is 3. The first-order chi connectivity index (χ1) is 9.01. The highest BCUT2D eigenvalue weighted by Gasteiger charge is 2.49. The fourth-order valence-electron chi connectivity index (χ4n) is 1.47. The zero-order valence-corrected chi connectivity index (χ0v) is 11.1. The summed E-state index contributed by atoms with van der Waals surface area (Å²) in [7, 11) is -5.86. The molecule has 0 N–H and O–H groups in total. The highest BCUT2D eigenvalue weighted by Crippen LogP contribution is 2.32. The summed E-state index contributed by atoms with van der Waals surface area (Å²) in [6, 6.07) is 2.29. The minimum absolute atomic E-state index is 0.0928. The van der Waals surface area contributed by atoms with Gasteiger partial charge in [0, 0.05) is 5.56 Å². The standard InChI is InChI=1S/C12H10F4O3S/c1-4-9-5-6-10(13)7(2)11(9)8(3)19-20(17,18)12(14,15)16/h4-6H,1,3H2,2H3. The van der Waals surface area contributed by atoms with E-state index >= 15 is 0 Å². The number of benzene rings is 1. The summed E-state index contributed by atoms with van der Waals surface area (Å²) in [4.78, 5) is 0. The van der Waals surface area contributed by atoms with E-state index in [0.717, 1.165) is 6.07 Å². The molecule has 0 radical (unpaired) electrons. The average Bonchev–Trinajstić information content (AvgIpc) is 2.30. The van der Waals surface area contributed by atoms with Crippen molar-refractivity contribution in [3.05, 3.63) is 47.8 Å². The molecule has 0 aromatic heterocycles. The second-order valence-corrected chi connectivity index (χ2v) is 5.28. The van der Waals surface area contributed by atoms with E-state index in [1.807, 2.05) is 0 Å². The first kappa shape index (κ1) is 16.2. The molecule has 20 heavy (non-hydrogen) atoms. The monoisotopic (exact) mass is 310 g/mol. The highest BCUT2D eigenvalue weighted by atomic mass is 32.2. The molecular weight excluding hydrogens is 300 g/mol. The van der Waals surface area contributed by atoms with Gasteiger partial charge in [0.2, 0.25) is 0 Å². The van der Waals surface area contributed by atoms with Crippen LogP contribution in [-0.4, -0.2) is 13.9 Å². The molecule has 0 aliphatic rings. The normalized spacial score (nSPS) is 12.1. The van der Waals surface area contributed by atoms with Crippen LogP contribution in [-0.2, 0) is 14.3 Å². The van der Waals surface area contributed by atoms with Crippen LogP contribution in [0, 0.1) is 12.7 Å². The van der Waals surface area contributed by atoms with Crippen molar-refractivity contribution in [3.8, 4) is 0 Å². The number of hydrogen-bond donors (Lipinski definition) is 0. The lowest BCUT2D eigenvalue weighted by Gasteiger charge is -2.15. The zero-order chi connectivity index (χ0) is 15.7. The first-order valence-electron chi connectivity index (χ1n) is 5.13. The van der Waals surface area contributed by atoms with Gasteiger partial charge in [0.1, 0.15) is 11.6 Å². The molecule has 1 rings (SSSR count). The van der Waals surface area contributed by atoms with E-state index in [2.05, 4.69) is 17.3 Å². The molecule has 0 aliphatic carbocycles. The molecule has 0 saturated carbocycles. The fourth-order valence-corrected chi connectivity index (χ4v) is 1.91. The van der Waals surface area contributed by atoms with Crippen LogP contribution < -0.4 is 0 Å². The molecule has 1 aromatic rings. The van der Waals surface area contributed by atoms with Gasteiger partial charge in [-0.05, 0) is 24.1 Å². The third-order valence-electron chi connectivity index (χ3n) is 2.42. The third kappa shape index (κ3) is 3.01. The number of hydrogen-bond acceptors (Lipinski definition) is 3. The van der Waals surface area contributed by atoms with Crippen LogP contribution in [0.1, 0.15) is 16.7 Å².